The Hall–Kier alpha value is -2.96. The lowest BCUT2D eigenvalue weighted by Gasteiger charge is -2.22. The fourth-order valence-corrected chi connectivity index (χ4v) is 3.58. The highest BCUT2D eigenvalue weighted by molar-refractivity contribution is 6.23. The van der Waals surface area contributed by atoms with E-state index in [1.54, 1.807) is 12.1 Å². The molecule has 2 aliphatic rings. The van der Waals surface area contributed by atoms with Crippen molar-refractivity contribution in [3.8, 4) is 0 Å². The number of imide groups is 1. The Labute approximate surface area is 146 Å². The Bertz CT molecular complexity index is 901. The summed E-state index contributed by atoms with van der Waals surface area (Å²) in [4.78, 5) is 38.0. The molecule has 2 aromatic carbocycles. The molecule has 2 amide bonds. The van der Waals surface area contributed by atoms with Gasteiger partial charge in [0.15, 0.2) is 0 Å². The Morgan fingerprint density at radius 1 is 0.962 bits per heavy atom. The molecule has 132 valence electrons. The summed E-state index contributed by atoms with van der Waals surface area (Å²) in [5.41, 5.74) is -1.18. The van der Waals surface area contributed by atoms with E-state index in [0.717, 1.165) is 17.0 Å². The number of aldehydes is 1. The molecule has 0 saturated heterocycles. The highest BCUT2D eigenvalue weighted by Crippen LogP contribution is 2.56. The van der Waals surface area contributed by atoms with E-state index in [1.807, 2.05) is 0 Å². The molecule has 2 atom stereocenters. The molecule has 4 rings (SSSR count). The quantitative estimate of drug-likeness (QED) is 0.623. The molecule has 4 nitrogen and oxygen atoms in total. The molecule has 0 aromatic heterocycles. The molecular formula is C19H12F3NO3. The Morgan fingerprint density at radius 3 is 1.96 bits per heavy atom. The number of carbonyl (C=O) groups is 3. The van der Waals surface area contributed by atoms with Crippen LogP contribution < -0.4 is 0 Å². The van der Waals surface area contributed by atoms with Crippen molar-refractivity contribution in [2.75, 3.05) is 0 Å². The molecule has 0 radical (unpaired) electrons. The summed E-state index contributed by atoms with van der Waals surface area (Å²) >= 11 is 0. The van der Waals surface area contributed by atoms with Crippen molar-refractivity contribution in [3.05, 3.63) is 70.8 Å². The van der Waals surface area contributed by atoms with Gasteiger partial charge in [-0.25, -0.2) is 0 Å². The van der Waals surface area contributed by atoms with Crippen molar-refractivity contribution >= 4 is 18.1 Å². The topological polar surface area (TPSA) is 54.5 Å². The molecule has 0 bridgehead atoms. The third-order valence-electron chi connectivity index (χ3n) is 5.03. The molecule has 1 fully saturated rings. The molecule has 0 unspecified atom stereocenters. The van der Waals surface area contributed by atoms with E-state index in [0.29, 0.717) is 11.8 Å². The van der Waals surface area contributed by atoms with Crippen LogP contribution in [0.5, 0.6) is 0 Å². The van der Waals surface area contributed by atoms with Gasteiger partial charge in [0.2, 0.25) is 0 Å². The molecule has 0 N–H and O–H groups in total. The third kappa shape index (κ3) is 2.20. The number of benzene rings is 2. The monoisotopic (exact) mass is 359 g/mol. The zero-order chi connectivity index (χ0) is 18.7. The predicted octanol–water partition coefficient (Wildman–Crippen LogP) is 3.43. The summed E-state index contributed by atoms with van der Waals surface area (Å²) in [7, 11) is 0. The Balaban J connectivity index is 1.67. The minimum absolute atomic E-state index is 0.202. The second kappa shape index (κ2) is 5.27. The summed E-state index contributed by atoms with van der Waals surface area (Å²) in [5.74, 6) is -1.61. The lowest BCUT2D eigenvalue weighted by atomic mass is 10.0. The van der Waals surface area contributed by atoms with Gasteiger partial charge in [-0.15, -0.1) is 0 Å². The van der Waals surface area contributed by atoms with Gasteiger partial charge in [0.05, 0.1) is 16.7 Å². The standard InChI is InChI=1S/C19H12F3NO3/c20-19(21,22)12-7-5-11(6-8-12)15-9-18(15,10-24)23-16(25)13-3-1-2-4-14(13)17(23)26/h1-8,10,15H,9H2/t15-,18+/m0/s1. The number of hydrogen-bond acceptors (Lipinski definition) is 3. The van der Waals surface area contributed by atoms with E-state index in [4.69, 9.17) is 0 Å². The normalized spacial score (nSPS) is 24.6. The maximum atomic E-state index is 12.7. The average Bonchev–Trinajstić information content (AvgIpc) is 3.30. The molecule has 1 aliphatic carbocycles. The second-order valence-corrected chi connectivity index (χ2v) is 6.48. The van der Waals surface area contributed by atoms with Crippen molar-refractivity contribution in [3.63, 3.8) is 0 Å². The molecule has 1 aliphatic heterocycles. The lowest BCUT2D eigenvalue weighted by molar-refractivity contribution is -0.137. The number of rotatable bonds is 3. The number of amides is 2. The Kier molecular flexibility index (Phi) is 3.34. The summed E-state index contributed by atoms with van der Waals surface area (Å²) < 4.78 is 38.1. The summed E-state index contributed by atoms with van der Waals surface area (Å²) in [6.07, 6.45) is -3.70. The molecular weight excluding hydrogens is 347 g/mol. The highest BCUT2D eigenvalue weighted by atomic mass is 19.4. The number of hydrogen-bond donors (Lipinski definition) is 0. The van der Waals surface area contributed by atoms with Crippen LogP contribution in [0.2, 0.25) is 0 Å². The van der Waals surface area contributed by atoms with Crippen molar-refractivity contribution < 1.29 is 27.6 Å². The van der Waals surface area contributed by atoms with Crippen LogP contribution in [0.15, 0.2) is 48.5 Å². The van der Waals surface area contributed by atoms with E-state index < -0.39 is 35.0 Å². The van der Waals surface area contributed by atoms with Crippen LogP contribution >= 0.6 is 0 Å². The van der Waals surface area contributed by atoms with Crippen molar-refractivity contribution in [1.82, 2.24) is 4.90 Å². The fourth-order valence-electron chi connectivity index (χ4n) is 3.58. The summed E-state index contributed by atoms with van der Waals surface area (Å²) in [5, 5.41) is 0. The van der Waals surface area contributed by atoms with E-state index in [2.05, 4.69) is 0 Å². The van der Waals surface area contributed by atoms with E-state index in [9.17, 15) is 27.6 Å². The molecule has 26 heavy (non-hydrogen) atoms. The van der Waals surface area contributed by atoms with Crippen molar-refractivity contribution in [2.45, 2.75) is 24.1 Å². The SMILES string of the molecule is O=C[C@]1(N2C(=O)c3ccccc3C2=O)C[C@H]1c1ccc(C(F)(F)F)cc1. The third-order valence-corrected chi connectivity index (χ3v) is 5.03. The van der Waals surface area contributed by atoms with Gasteiger partial charge in [0, 0.05) is 5.92 Å². The first-order chi connectivity index (χ1) is 12.3. The van der Waals surface area contributed by atoms with Gasteiger partial charge in [-0.3, -0.25) is 14.5 Å². The van der Waals surface area contributed by atoms with Crippen LogP contribution in [0.3, 0.4) is 0 Å². The van der Waals surface area contributed by atoms with Gasteiger partial charge in [-0.1, -0.05) is 24.3 Å². The zero-order valence-electron chi connectivity index (χ0n) is 13.3. The van der Waals surface area contributed by atoms with Gasteiger partial charge >= 0.3 is 6.18 Å². The first kappa shape index (κ1) is 16.5. The number of carbonyl (C=O) groups excluding carboxylic acids is 3. The second-order valence-electron chi connectivity index (χ2n) is 6.48. The molecule has 0 spiro atoms. The van der Waals surface area contributed by atoms with Crippen LogP contribution in [0, 0.1) is 0 Å². The molecule has 2 aromatic rings. The summed E-state index contributed by atoms with van der Waals surface area (Å²) in [6.45, 7) is 0. The number of halogens is 3. The van der Waals surface area contributed by atoms with E-state index in [-0.39, 0.29) is 17.5 Å². The van der Waals surface area contributed by atoms with Gasteiger partial charge in [-0.05, 0) is 36.2 Å². The maximum absolute atomic E-state index is 12.7. The first-order valence-electron chi connectivity index (χ1n) is 7.91. The van der Waals surface area contributed by atoms with Gasteiger partial charge in [0.25, 0.3) is 11.8 Å². The number of fused-ring (bicyclic) bond motifs is 1. The summed E-state index contributed by atoms with van der Waals surface area (Å²) in [6, 6.07) is 10.7. The van der Waals surface area contributed by atoms with Gasteiger partial charge in [-0.2, -0.15) is 13.2 Å². The molecule has 7 heteroatoms. The number of alkyl halides is 3. The van der Waals surface area contributed by atoms with E-state index >= 15 is 0 Å². The van der Waals surface area contributed by atoms with Crippen LogP contribution in [0.4, 0.5) is 13.2 Å². The molecule has 1 heterocycles. The van der Waals surface area contributed by atoms with Gasteiger partial charge < -0.3 is 4.79 Å². The maximum Gasteiger partial charge on any atom is 0.416 e. The first-order valence-corrected chi connectivity index (χ1v) is 7.91. The smallest absolute Gasteiger partial charge is 0.301 e. The largest absolute Gasteiger partial charge is 0.416 e. The Morgan fingerprint density at radius 2 is 1.50 bits per heavy atom. The average molecular weight is 359 g/mol. The van der Waals surface area contributed by atoms with Crippen LogP contribution in [-0.2, 0) is 11.0 Å². The zero-order valence-corrected chi connectivity index (χ0v) is 13.3. The minimum Gasteiger partial charge on any atom is -0.301 e. The van der Waals surface area contributed by atoms with Crippen LogP contribution in [0.1, 0.15) is 44.2 Å². The number of nitrogens with zero attached hydrogens (tertiary/aromatic N) is 1. The predicted molar refractivity (Wildman–Crippen MR) is 84.5 cm³/mol. The molecule has 1 saturated carbocycles. The van der Waals surface area contributed by atoms with Crippen molar-refractivity contribution in [1.29, 1.82) is 0 Å². The fraction of sp³-hybridized carbons (Fsp3) is 0.211. The highest BCUT2D eigenvalue weighted by Gasteiger charge is 2.64. The van der Waals surface area contributed by atoms with Crippen molar-refractivity contribution in [2.24, 2.45) is 0 Å². The van der Waals surface area contributed by atoms with Gasteiger partial charge in [0.1, 0.15) is 11.8 Å². The van der Waals surface area contributed by atoms with Crippen LogP contribution in [0.25, 0.3) is 0 Å². The minimum atomic E-state index is -4.45. The van der Waals surface area contributed by atoms with Crippen LogP contribution in [-0.4, -0.2) is 28.5 Å². The van der Waals surface area contributed by atoms with E-state index in [1.165, 1.54) is 24.3 Å². The lowest BCUT2D eigenvalue weighted by Crippen LogP contribution is -2.44.